The van der Waals surface area contributed by atoms with Gasteiger partial charge < -0.3 is 28.4 Å². The van der Waals surface area contributed by atoms with Crippen LogP contribution in [0.2, 0.25) is 0 Å². The van der Waals surface area contributed by atoms with Crippen molar-refractivity contribution in [2.75, 3.05) is 14.2 Å². The Morgan fingerprint density at radius 3 is 0.833 bits per heavy atom. The monoisotopic (exact) mass is 854 g/mol. The summed E-state index contributed by atoms with van der Waals surface area (Å²) in [5.74, 6) is -1.53. The summed E-state index contributed by atoms with van der Waals surface area (Å²) in [5.41, 5.74) is 8.05. The zero-order chi connectivity index (χ0) is 43.0. The van der Waals surface area contributed by atoms with E-state index >= 15 is 17.6 Å². The molecule has 0 bridgehead atoms. The van der Waals surface area contributed by atoms with Crippen molar-refractivity contribution in [3.05, 3.63) is 129 Å². The molecule has 0 unspecified atom stereocenters. The standard InChI is InChI=1S/C48H44F4O6P2/c1-25-11-26(2)16-33(15-25)59(34-17-27(3)12-28(4)18-34)39-23-37(53-9)43-45(57-47(49,50)55-43)41(39)42-40(24-38(54-10)44-46(42)58-48(51,52)56-44)60(35-19-29(5)13-30(6)20-35)36-21-31(7)14-32(8)22-36/h11-24H,1-10H3. The number of aryl methyl sites for hydroxylation is 8. The van der Waals surface area contributed by atoms with Crippen LogP contribution in [0.5, 0.6) is 34.5 Å². The fourth-order valence-electron chi connectivity index (χ4n) is 8.42. The van der Waals surface area contributed by atoms with Gasteiger partial charge in [-0.05, 0) is 105 Å². The lowest BCUT2D eigenvalue weighted by Crippen LogP contribution is -2.29. The molecule has 0 saturated carbocycles. The minimum Gasteiger partial charge on any atom is -0.493 e. The van der Waals surface area contributed by atoms with Crippen molar-refractivity contribution >= 4 is 47.7 Å². The maximum Gasteiger partial charge on any atom is 0.586 e. The van der Waals surface area contributed by atoms with Gasteiger partial charge in [0.1, 0.15) is 0 Å². The molecule has 6 nitrogen and oxygen atoms in total. The van der Waals surface area contributed by atoms with Crippen molar-refractivity contribution in [2.24, 2.45) is 0 Å². The van der Waals surface area contributed by atoms with E-state index in [4.69, 9.17) is 28.4 Å². The number of benzene rings is 6. The topological polar surface area (TPSA) is 55.4 Å². The van der Waals surface area contributed by atoms with E-state index in [1.807, 2.05) is 55.4 Å². The molecule has 0 N–H and O–H groups in total. The lowest BCUT2D eigenvalue weighted by atomic mass is 10.0. The second-order valence-corrected chi connectivity index (χ2v) is 20.0. The van der Waals surface area contributed by atoms with E-state index in [1.165, 1.54) is 14.2 Å². The van der Waals surface area contributed by atoms with Crippen LogP contribution in [0.25, 0.3) is 11.1 Å². The van der Waals surface area contributed by atoms with E-state index in [2.05, 4.69) is 72.8 Å². The second kappa shape index (κ2) is 15.3. The molecule has 6 aromatic carbocycles. The molecule has 2 aliphatic heterocycles. The molecule has 6 aromatic rings. The lowest BCUT2D eigenvalue weighted by Gasteiger charge is -2.29. The first-order chi connectivity index (χ1) is 28.3. The Kier molecular flexibility index (Phi) is 10.6. The first-order valence-corrected chi connectivity index (χ1v) is 22.0. The van der Waals surface area contributed by atoms with Crippen molar-refractivity contribution < 1.29 is 46.0 Å². The van der Waals surface area contributed by atoms with Crippen LogP contribution in [-0.2, 0) is 0 Å². The SMILES string of the molecule is COc1cc(P(c2cc(C)cc(C)c2)c2cc(C)cc(C)c2)c(-c2c(P(c3cc(C)cc(C)c3)c3cc(C)cc(C)c3)cc(OC)c3c2OC(F)(F)O3)c2c1OC(F)(F)O2. The van der Waals surface area contributed by atoms with Crippen LogP contribution in [-0.4, -0.2) is 26.8 Å². The third kappa shape index (κ3) is 7.76. The number of halogens is 4. The summed E-state index contributed by atoms with van der Waals surface area (Å²) in [5, 5.41) is 4.53. The van der Waals surface area contributed by atoms with Gasteiger partial charge >= 0.3 is 12.6 Å². The largest absolute Gasteiger partial charge is 0.586 e. The first kappa shape index (κ1) is 41.4. The summed E-state index contributed by atoms with van der Waals surface area (Å²) in [6, 6.07) is 28.1. The van der Waals surface area contributed by atoms with Crippen LogP contribution in [0.1, 0.15) is 44.5 Å². The molecular weight excluding hydrogens is 810 g/mol. The third-order valence-corrected chi connectivity index (χ3v) is 15.0. The summed E-state index contributed by atoms with van der Waals surface area (Å²) in [6.45, 7) is 16.0. The Morgan fingerprint density at radius 2 is 0.600 bits per heavy atom. The Bertz CT molecular complexity index is 2350. The van der Waals surface area contributed by atoms with Gasteiger partial charge in [-0.3, -0.25) is 0 Å². The van der Waals surface area contributed by atoms with Crippen LogP contribution in [0, 0.1) is 55.4 Å². The maximum absolute atomic E-state index is 15.7. The molecule has 0 aliphatic carbocycles. The highest BCUT2D eigenvalue weighted by Crippen LogP contribution is 2.61. The molecule has 2 aliphatic rings. The molecule has 60 heavy (non-hydrogen) atoms. The molecule has 0 saturated heterocycles. The number of alkyl halides is 4. The van der Waals surface area contributed by atoms with Gasteiger partial charge in [0, 0.05) is 21.7 Å². The van der Waals surface area contributed by atoms with Crippen LogP contribution in [0.3, 0.4) is 0 Å². The highest BCUT2D eigenvalue weighted by atomic mass is 31.1. The molecule has 0 fully saturated rings. The fraction of sp³-hybridized carbons (Fsp3) is 0.250. The Balaban J connectivity index is 1.61. The van der Waals surface area contributed by atoms with E-state index in [9.17, 15) is 0 Å². The molecule has 0 atom stereocenters. The first-order valence-electron chi connectivity index (χ1n) is 19.3. The zero-order valence-electron chi connectivity index (χ0n) is 34.9. The Hall–Kier alpha value is -5.30. The van der Waals surface area contributed by atoms with Crippen LogP contribution in [0.15, 0.2) is 84.9 Å². The van der Waals surface area contributed by atoms with Gasteiger partial charge in [0.15, 0.2) is 23.0 Å². The average Bonchev–Trinajstić information content (AvgIpc) is 3.64. The van der Waals surface area contributed by atoms with Crippen LogP contribution < -0.4 is 60.2 Å². The van der Waals surface area contributed by atoms with E-state index in [1.54, 1.807) is 12.1 Å². The number of hydrogen-bond donors (Lipinski definition) is 0. The highest BCUT2D eigenvalue weighted by Gasteiger charge is 2.52. The molecule has 310 valence electrons. The second-order valence-electron chi connectivity index (χ2n) is 15.7. The number of methoxy groups -OCH3 is 2. The maximum atomic E-state index is 15.7. The number of rotatable bonds is 9. The summed E-state index contributed by atoms with van der Waals surface area (Å²) >= 11 is 0. The van der Waals surface area contributed by atoms with Crippen LogP contribution in [0.4, 0.5) is 17.6 Å². The summed E-state index contributed by atoms with van der Waals surface area (Å²) in [4.78, 5) is 0. The third-order valence-electron chi connectivity index (χ3n) is 10.3. The van der Waals surface area contributed by atoms with E-state index in [0.29, 0.717) is 10.6 Å². The van der Waals surface area contributed by atoms with Crippen molar-refractivity contribution in [3.8, 4) is 45.6 Å². The van der Waals surface area contributed by atoms with E-state index in [-0.39, 0.29) is 45.6 Å². The quantitative estimate of drug-likeness (QED) is 0.107. The molecule has 0 aromatic heterocycles. The average molecular weight is 855 g/mol. The van der Waals surface area contributed by atoms with Gasteiger partial charge in [-0.15, -0.1) is 17.6 Å². The predicted octanol–water partition coefficient (Wildman–Crippen LogP) is 10.00. The molecule has 0 spiro atoms. The van der Waals surface area contributed by atoms with Crippen molar-refractivity contribution in [2.45, 2.75) is 68.0 Å². The van der Waals surface area contributed by atoms with Gasteiger partial charge in [0.05, 0.1) is 14.2 Å². The van der Waals surface area contributed by atoms with Gasteiger partial charge in [-0.1, -0.05) is 117 Å². The van der Waals surface area contributed by atoms with Gasteiger partial charge in [0.2, 0.25) is 11.5 Å². The molecular formula is C48H44F4O6P2. The van der Waals surface area contributed by atoms with Gasteiger partial charge in [0.25, 0.3) is 0 Å². The zero-order valence-corrected chi connectivity index (χ0v) is 36.7. The number of fused-ring (bicyclic) bond motifs is 2. The van der Waals surface area contributed by atoms with Crippen LogP contribution >= 0.6 is 15.8 Å². The Labute approximate surface area is 349 Å². The van der Waals surface area contributed by atoms with Crippen molar-refractivity contribution in [1.29, 1.82) is 0 Å². The lowest BCUT2D eigenvalue weighted by molar-refractivity contribution is -0.288. The Morgan fingerprint density at radius 1 is 0.367 bits per heavy atom. The molecule has 0 radical (unpaired) electrons. The molecule has 2 heterocycles. The van der Waals surface area contributed by atoms with Crippen molar-refractivity contribution in [1.82, 2.24) is 0 Å². The summed E-state index contributed by atoms with van der Waals surface area (Å²) in [7, 11) is -0.644. The van der Waals surface area contributed by atoms with Crippen molar-refractivity contribution in [3.63, 3.8) is 0 Å². The van der Waals surface area contributed by atoms with Gasteiger partial charge in [-0.2, -0.15) is 0 Å². The number of hydrogen-bond acceptors (Lipinski definition) is 6. The normalized spacial score (nSPS) is 14.6. The smallest absolute Gasteiger partial charge is 0.493 e. The molecule has 12 heteroatoms. The van der Waals surface area contributed by atoms with E-state index in [0.717, 1.165) is 65.7 Å². The van der Waals surface area contributed by atoms with E-state index < -0.39 is 28.4 Å². The molecule has 0 amide bonds. The van der Waals surface area contributed by atoms with Gasteiger partial charge in [-0.25, -0.2) is 0 Å². The molecule has 8 rings (SSSR count). The minimum atomic E-state index is -4.13. The fourth-order valence-corrected chi connectivity index (χ4v) is 14.2. The minimum absolute atomic E-state index is 0.0118. The highest BCUT2D eigenvalue weighted by molar-refractivity contribution is 7.80. The summed E-state index contributed by atoms with van der Waals surface area (Å²) < 4.78 is 96.1. The predicted molar refractivity (Wildman–Crippen MR) is 233 cm³/mol. The summed E-state index contributed by atoms with van der Waals surface area (Å²) in [6.07, 6.45) is -8.26. The number of ether oxygens (including phenoxy) is 6.